The van der Waals surface area contributed by atoms with Crippen molar-refractivity contribution in [1.29, 1.82) is 0 Å². The van der Waals surface area contributed by atoms with Crippen molar-refractivity contribution in [3.05, 3.63) is 34.7 Å². The fraction of sp³-hybridized carbons (Fsp3) is 0.429. The van der Waals surface area contributed by atoms with Crippen LogP contribution < -0.4 is 0 Å². The first-order valence-electron chi connectivity index (χ1n) is 5.83. The maximum Gasteiger partial charge on any atom is 0.0415 e. The molecule has 0 unspecified atom stereocenters. The van der Waals surface area contributed by atoms with Gasteiger partial charge in [0, 0.05) is 11.4 Å². The van der Waals surface area contributed by atoms with Gasteiger partial charge in [0.2, 0.25) is 0 Å². The normalized spacial score (nSPS) is 13.6. The van der Waals surface area contributed by atoms with Crippen molar-refractivity contribution in [2.75, 3.05) is 0 Å². The summed E-state index contributed by atoms with van der Waals surface area (Å²) in [6, 6.07) is 0. The Bertz CT molecular complexity index is 367. The molecule has 0 aliphatic heterocycles. The summed E-state index contributed by atoms with van der Waals surface area (Å²) in [7, 11) is 0. The van der Waals surface area contributed by atoms with Gasteiger partial charge < -0.3 is 4.98 Å². The lowest BCUT2D eigenvalue weighted by Gasteiger charge is -2.03. The molecule has 1 N–H and O–H groups in total. The van der Waals surface area contributed by atoms with Crippen molar-refractivity contribution in [3.8, 4) is 0 Å². The van der Waals surface area contributed by atoms with Crippen LogP contribution >= 0.6 is 0 Å². The topological polar surface area (TPSA) is 15.8 Å². The second kappa shape index (κ2) is 5.59. The number of allylic oxidation sites excluding steroid dienone is 2. The molecule has 15 heavy (non-hydrogen) atoms. The van der Waals surface area contributed by atoms with Crippen LogP contribution in [0.2, 0.25) is 0 Å². The van der Waals surface area contributed by atoms with Gasteiger partial charge in [0.05, 0.1) is 0 Å². The summed E-state index contributed by atoms with van der Waals surface area (Å²) in [5, 5.41) is 0. The molecule has 0 spiro atoms. The minimum Gasteiger partial charge on any atom is -0.358 e. The van der Waals surface area contributed by atoms with Crippen LogP contribution in [0.3, 0.4) is 0 Å². The average molecular weight is 203 g/mol. The van der Waals surface area contributed by atoms with E-state index in [1.54, 1.807) is 0 Å². The minimum absolute atomic E-state index is 1.16. The van der Waals surface area contributed by atoms with Crippen molar-refractivity contribution in [2.24, 2.45) is 0 Å². The number of aromatic amines is 1. The maximum atomic E-state index is 3.46. The number of hydrogen-bond donors (Lipinski definition) is 1. The molecule has 0 radical (unpaired) electrons. The second-order valence-electron chi connectivity index (χ2n) is 3.50. The molecule has 0 fully saturated rings. The predicted octanol–water partition coefficient (Wildman–Crippen LogP) is 4.34. The molecule has 1 heteroatoms. The molecule has 1 aliphatic carbocycles. The molecule has 1 heterocycles. The van der Waals surface area contributed by atoms with Gasteiger partial charge in [-0.3, -0.25) is 0 Å². The van der Waals surface area contributed by atoms with Gasteiger partial charge in [-0.1, -0.05) is 32.1 Å². The Morgan fingerprint density at radius 2 is 2.07 bits per heavy atom. The number of hydrogen-bond acceptors (Lipinski definition) is 0. The van der Waals surface area contributed by atoms with Crippen LogP contribution in [0.4, 0.5) is 0 Å². The van der Waals surface area contributed by atoms with E-state index in [9.17, 15) is 0 Å². The lowest BCUT2D eigenvalue weighted by Crippen LogP contribution is -1.91. The van der Waals surface area contributed by atoms with Crippen LogP contribution in [-0.2, 0) is 6.42 Å². The quantitative estimate of drug-likeness (QED) is 0.698. The Morgan fingerprint density at radius 1 is 1.33 bits per heavy atom. The highest BCUT2D eigenvalue weighted by Gasteiger charge is 2.11. The van der Waals surface area contributed by atoms with Crippen LogP contribution in [0.25, 0.3) is 12.2 Å². The number of aryl methyl sites for hydroxylation is 1. The molecule has 0 atom stereocenters. The van der Waals surface area contributed by atoms with E-state index >= 15 is 0 Å². The van der Waals surface area contributed by atoms with Crippen LogP contribution in [0.5, 0.6) is 0 Å². The molecule has 82 valence electrons. The maximum absolute atomic E-state index is 3.46. The highest BCUT2D eigenvalue weighted by molar-refractivity contribution is 5.65. The Balaban J connectivity index is 0.000000531. The van der Waals surface area contributed by atoms with E-state index < -0.39 is 0 Å². The van der Waals surface area contributed by atoms with E-state index in [0.29, 0.717) is 0 Å². The Morgan fingerprint density at radius 3 is 2.67 bits per heavy atom. The molecule has 0 aromatic carbocycles. The molecule has 2 rings (SSSR count). The highest BCUT2D eigenvalue weighted by Crippen LogP contribution is 2.25. The molecule has 0 amide bonds. The monoisotopic (exact) mass is 203 g/mol. The zero-order valence-electron chi connectivity index (χ0n) is 10.2. The van der Waals surface area contributed by atoms with Crippen molar-refractivity contribution in [2.45, 2.75) is 40.5 Å². The lowest BCUT2D eigenvalue weighted by atomic mass is 10.0. The fourth-order valence-corrected chi connectivity index (χ4v) is 1.88. The number of nitrogens with one attached hydrogen (secondary N) is 1. The van der Waals surface area contributed by atoms with E-state index in [1.807, 2.05) is 13.8 Å². The van der Waals surface area contributed by atoms with Crippen LogP contribution in [0.1, 0.15) is 49.7 Å². The summed E-state index contributed by atoms with van der Waals surface area (Å²) >= 11 is 0. The lowest BCUT2D eigenvalue weighted by molar-refractivity contribution is 0.943. The fourth-order valence-electron chi connectivity index (χ4n) is 1.88. The molecule has 0 saturated carbocycles. The van der Waals surface area contributed by atoms with Crippen molar-refractivity contribution in [1.82, 2.24) is 4.98 Å². The van der Waals surface area contributed by atoms with Crippen molar-refractivity contribution < 1.29 is 0 Å². The molecule has 1 aromatic heterocycles. The molecule has 1 aliphatic rings. The van der Waals surface area contributed by atoms with Gasteiger partial charge in [-0.05, 0) is 43.9 Å². The molecular weight excluding hydrogens is 182 g/mol. The van der Waals surface area contributed by atoms with Crippen LogP contribution in [0, 0.1) is 6.92 Å². The average Bonchev–Trinajstić information content (AvgIpc) is 2.60. The standard InChI is InChI=1S/C12H15N.C2H6/c1-3-6-11-9(2)10-7-4-5-8-12(10)13-11;1-2/h3-4,6-7,13H,5,8H2,1-2H3;1-2H3/b6-3-;. The van der Waals surface area contributed by atoms with Crippen molar-refractivity contribution in [3.63, 3.8) is 0 Å². The van der Waals surface area contributed by atoms with E-state index in [0.717, 1.165) is 6.42 Å². The number of fused-ring (bicyclic) bond motifs is 1. The SMILES string of the molecule is C/C=C\c1[nH]c2c(c1C)C=CCC2.CC. The van der Waals surface area contributed by atoms with E-state index in [1.165, 1.54) is 28.9 Å². The predicted molar refractivity (Wildman–Crippen MR) is 68.9 cm³/mol. The van der Waals surface area contributed by atoms with Crippen LogP contribution in [-0.4, -0.2) is 4.98 Å². The molecular formula is C14H21N. The minimum atomic E-state index is 1.16. The highest BCUT2D eigenvalue weighted by atomic mass is 14.7. The molecule has 0 bridgehead atoms. The zero-order chi connectivity index (χ0) is 11.3. The van der Waals surface area contributed by atoms with Gasteiger partial charge in [0.15, 0.2) is 0 Å². The smallest absolute Gasteiger partial charge is 0.0415 e. The van der Waals surface area contributed by atoms with Gasteiger partial charge in [-0.15, -0.1) is 0 Å². The van der Waals surface area contributed by atoms with Crippen molar-refractivity contribution >= 4 is 12.2 Å². The Kier molecular flexibility index (Phi) is 4.41. The van der Waals surface area contributed by atoms with E-state index in [-0.39, 0.29) is 0 Å². The first kappa shape index (κ1) is 11.8. The van der Waals surface area contributed by atoms with Gasteiger partial charge in [-0.25, -0.2) is 0 Å². The van der Waals surface area contributed by atoms with Gasteiger partial charge in [0.1, 0.15) is 0 Å². The third kappa shape index (κ3) is 2.41. The van der Waals surface area contributed by atoms with Gasteiger partial charge >= 0.3 is 0 Å². The molecule has 1 nitrogen and oxygen atoms in total. The summed E-state index contributed by atoms with van der Waals surface area (Å²) in [6.07, 6.45) is 11.0. The number of aromatic nitrogens is 1. The number of rotatable bonds is 1. The number of H-pyrrole nitrogens is 1. The summed E-state index contributed by atoms with van der Waals surface area (Å²) in [5.41, 5.74) is 5.44. The molecule has 0 saturated heterocycles. The summed E-state index contributed by atoms with van der Waals surface area (Å²) in [4.78, 5) is 3.46. The van der Waals surface area contributed by atoms with E-state index in [2.05, 4.69) is 43.1 Å². The third-order valence-electron chi connectivity index (χ3n) is 2.60. The summed E-state index contributed by atoms with van der Waals surface area (Å²) in [6.45, 7) is 8.23. The zero-order valence-corrected chi connectivity index (χ0v) is 10.2. The molecule has 1 aromatic rings. The van der Waals surface area contributed by atoms with Gasteiger partial charge in [0.25, 0.3) is 0 Å². The van der Waals surface area contributed by atoms with E-state index in [4.69, 9.17) is 0 Å². The Labute approximate surface area is 92.9 Å². The summed E-state index contributed by atoms with van der Waals surface area (Å²) < 4.78 is 0. The summed E-state index contributed by atoms with van der Waals surface area (Å²) in [5.74, 6) is 0. The second-order valence-corrected chi connectivity index (χ2v) is 3.50. The van der Waals surface area contributed by atoms with Crippen LogP contribution in [0.15, 0.2) is 12.2 Å². The largest absolute Gasteiger partial charge is 0.358 e. The first-order chi connectivity index (χ1) is 7.33. The van der Waals surface area contributed by atoms with Gasteiger partial charge in [-0.2, -0.15) is 0 Å². The third-order valence-corrected chi connectivity index (χ3v) is 2.60. The Hall–Kier alpha value is -1.24. The first-order valence-corrected chi connectivity index (χ1v) is 5.83.